The Balaban J connectivity index is 1.79. The zero-order chi connectivity index (χ0) is 15.4. The maximum Gasteiger partial charge on any atom is 0.199 e. The van der Waals surface area contributed by atoms with Crippen LogP contribution in [0, 0.1) is 5.92 Å². The molecule has 0 bridgehead atoms. The third kappa shape index (κ3) is 2.02. The summed E-state index contributed by atoms with van der Waals surface area (Å²) in [6.45, 7) is 0. The van der Waals surface area contributed by atoms with Crippen LogP contribution in [0.2, 0.25) is 0 Å². The summed E-state index contributed by atoms with van der Waals surface area (Å²) in [6.07, 6.45) is 4.71. The smallest absolute Gasteiger partial charge is 0.199 e. The summed E-state index contributed by atoms with van der Waals surface area (Å²) >= 11 is 1.65. The predicted octanol–water partition coefficient (Wildman–Crippen LogP) is 5.57. The van der Waals surface area contributed by atoms with Crippen LogP contribution in [0.3, 0.4) is 0 Å². The standard InChI is InChI=1S/C21H16OS/c22-20-16(12-13-10-11-13)18(14-6-2-1-3-7-14)19-15-8-4-5-9-17(15)23-21(19)20/h1-9,12-13,18H,10-11H2/b16-12+/t18-/m0/s1. The third-order valence-corrected chi connectivity index (χ3v) is 6.06. The highest BCUT2D eigenvalue weighted by Crippen LogP contribution is 2.50. The number of Topliss-reactive ketones (excluding diaryl/α,β-unsaturated/α-hetero) is 1. The molecule has 112 valence electrons. The highest BCUT2D eigenvalue weighted by molar-refractivity contribution is 7.21. The molecule has 1 nitrogen and oxygen atoms in total. The molecule has 5 rings (SSSR count). The first-order valence-corrected chi connectivity index (χ1v) is 8.97. The molecule has 2 heteroatoms. The van der Waals surface area contributed by atoms with E-state index < -0.39 is 0 Å². The van der Waals surface area contributed by atoms with Crippen LogP contribution in [0.4, 0.5) is 0 Å². The maximum absolute atomic E-state index is 13.1. The second-order valence-corrected chi connectivity index (χ2v) is 7.53. The second kappa shape index (κ2) is 4.90. The van der Waals surface area contributed by atoms with Gasteiger partial charge in [-0.1, -0.05) is 54.6 Å². The van der Waals surface area contributed by atoms with Crippen molar-refractivity contribution in [1.82, 2.24) is 0 Å². The SMILES string of the molecule is O=C1/C(=C/C2CC2)[C@H](c2ccccc2)c2c1sc1ccccc21. The summed E-state index contributed by atoms with van der Waals surface area (Å²) in [7, 11) is 0. The Kier molecular flexibility index (Phi) is 2.83. The highest BCUT2D eigenvalue weighted by atomic mass is 32.1. The molecule has 1 saturated carbocycles. The van der Waals surface area contributed by atoms with Gasteiger partial charge in [-0.3, -0.25) is 4.79 Å². The van der Waals surface area contributed by atoms with E-state index in [2.05, 4.69) is 54.6 Å². The molecule has 0 saturated heterocycles. The van der Waals surface area contributed by atoms with Crippen LogP contribution in [0.25, 0.3) is 10.1 Å². The molecule has 0 N–H and O–H groups in total. The van der Waals surface area contributed by atoms with Gasteiger partial charge in [0.2, 0.25) is 0 Å². The Hall–Kier alpha value is -2.19. The molecular weight excluding hydrogens is 300 g/mol. The second-order valence-electron chi connectivity index (χ2n) is 6.47. The number of hydrogen-bond donors (Lipinski definition) is 0. The fourth-order valence-corrected chi connectivity index (χ4v) is 4.82. The lowest BCUT2D eigenvalue weighted by Gasteiger charge is -2.14. The van der Waals surface area contributed by atoms with Crippen molar-refractivity contribution < 1.29 is 4.79 Å². The lowest BCUT2D eigenvalue weighted by atomic mass is 9.88. The van der Waals surface area contributed by atoms with Crippen molar-refractivity contribution in [3.8, 4) is 0 Å². The molecule has 0 unspecified atom stereocenters. The van der Waals surface area contributed by atoms with Crippen LogP contribution >= 0.6 is 11.3 Å². The van der Waals surface area contributed by atoms with Crippen molar-refractivity contribution in [3.05, 3.63) is 82.3 Å². The zero-order valence-corrected chi connectivity index (χ0v) is 13.5. The number of rotatable bonds is 2. The molecule has 1 atom stereocenters. The van der Waals surface area contributed by atoms with Gasteiger partial charge in [0, 0.05) is 16.2 Å². The van der Waals surface area contributed by atoms with Gasteiger partial charge in [0.15, 0.2) is 5.78 Å². The molecule has 2 aliphatic carbocycles. The Labute approximate surface area is 139 Å². The summed E-state index contributed by atoms with van der Waals surface area (Å²) in [5.74, 6) is 0.970. The van der Waals surface area contributed by atoms with Crippen molar-refractivity contribution in [1.29, 1.82) is 0 Å². The van der Waals surface area contributed by atoms with Gasteiger partial charge in [-0.15, -0.1) is 11.3 Å². The summed E-state index contributed by atoms with van der Waals surface area (Å²) < 4.78 is 1.22. The van der Waals surface area contributed by atoms with Crippen LogP contribution in [0.15, 0.2) is 66.2 Å². The van der Waals surface area contributed by atoms with E-state index in [4.69, 9.17) is 0 Å². The Morgan fingerprint density at radius 3 is 2.48 bits per heavy atom. The van der Waals surface area contributed by atoms with E-state index in [-0.39, 0.29) is 11.7 Å². The lowest BCUT2D eigenvalue weighted by Crippen LogP contribution is -2.03. The maximum atomic E-state index is 13.1. The van der Waals surface area contributed by atoms with E-state index in [1.807, 2.05) is 6.07 Å². The van der Waals surface area contributed by atoms with Gasteiger partial charge in [-0.2, -0.15) is 0 Å². The van der Waals surface area contributed by atoms with E-state index in [0.717, 1.165) is 10.5 Å². The zero-order valence-electron chi connectivity index (χ0n) is 12.7. The molecule has 2 aromatic carbocycles. The van der Waals surface area contributed by atoms with Crippen molar-refractivity contribution >= 4 is 27.2 Å². The van der Waals surface area contributed by atoms with Gasteiger partial charge < -0.3 is 0 Å². The van der Waals surface area contributed by atoms with Crippen LogP contribution in [-0.2, 0) is 0 Å². The molecule has 2 aliphatic rings. The van der Waals surface area contributed by atoms with Crippen molar-refractivity contribution in [2.24, 2.45) is 5.92 Å². The molecule has 3 aromatic rings. The summed E-state index contributed by atoms with van der Waals surface area (Å²) in [5.41, 5.74) is 3.47. The summed E-state index contributed by atoms with van der Waals surface area (Å²) in [4.78, 5) is 14.0. The quantitative estimate of drug-likeness (QED) is 0.565. The first-order chi connectivity index (χ1) is 11.3. The van der Waals surface area contributed by atoms with Crippen LogP contribution in [0.1, 0.15) is 39.6 Å². The average molecular weight is 316 g/mol. The normalized spacial score (nSPS) is 22.0. The number of fused-ring (bicyclic) bond motifs is 3. The third-order valence-electron chi connectivity index (χ3n) is 4.87. The van der Waals surface area contributed by atoms with E-state index >= 15 is 0 Å². The monoisotopic (exact) mass is 316 g/mol. The van der Waals surface area contributed by atoms with Crippen molar-refractivity contribution in [2.45, 2.75) is 18.8 Å². The number of allylic oxidation sites excluding steroid dienone is 2. The number of thiophene rings is 1. The molecule has 1 heterocycles. The number of hydrogen-bond acceptors (Lipinski definition) is 2. The first-order valence-electron chi connectivity index (χ1n) is 8.15. The lowest BCUT2D eigenvalue weighted by molar-refractivity contribution is 0.104. The number of ketones is 1. The molecule has 0 aliphatic heterocycles. The molecule has 0 spiro atoms. The molecule has 1 aromatic heterocycles. The largest absolute Gasteiger partial charge is 0.288 e. The number of carbonyl (C=O) groups excluding carboxylic acids is 1. The van der Waals surface area contributed by atoms with Crippen molar-refractivity contribution in [3.63, 3.8) is 0 Å². The minimum atomic E-state index is 0.107. The van der Waals surface area contributed by atoms with Crippen LogP contribution in [0.5, 0.6) is 0 Å². The first kappa shape index (κ1) is 13.3. The highest BCUT2D eigenvalue weighted by Gasteiger charge is 2.39. The van der Waals surface area contributed by atoms with E-state index in [0.29, 0.717) is 5.92 Å². The fourth-order valence-electron chi connectivity index (χ4n) is 3.62. The van der Waals surface area contributed by atoms with Crippen molar-refractivity contribution in [2.75, 3.05) is 0 Å². The molecule has 23 heavy (non-hydrogen) atoms. The van der Waals surface area contributed by atoms with Gasteiger partial charge in [0.1, 0.15) is 0 Å². The minimum Gasteiger partial charge on any atom is -0.288 e. The van der Waals surface area contributed by atoms with E-state index in [1.165, 1.54) is 34.1 Å². The number of benzene rings is 2. The minimum absolute atomic E-state index is 0.107. The Morgan fingerprint density at radius 1 is 0.957 bits per heavy atom. The van der Waals surface area contributed by atoms with Gasteiger partial charge in [-0.05, 0) is 41.3 Å². The van der Waals surface area contributed by atoms with Gasteiger partial charge >= 0.3 is 0 Å². The Bertz CT molecular complexity index is 944. The van der Waals surface area contributed by atoms with E-state index in [1.54, 1.807) is 11.3 Å². The van der Waals surface area contributed by atoms with Gasteiger partial charge in [0.25, 0.3) is 0 Å². The fraction of sp³-hybridized carbons (Fsp3) is 0.190. The topological polar surface area (TPSA) is 17.1 Å². The molecule has 0 radical (unpaired) electrons. The average Bonchev–Trinajstić information content (AvgIpc) is 3.27. The van der Waals surface area contributed by atoms with Gasteiger partial charge in [0.05, 0.1) is 4.88 Å². The predicted molar refractivity (Wildman–Crippen MR) is 95.2 cm³/mol. The van der Waals surface area contributed by atoms with Gasteiger partial charge in [-0.25, -0.2) is 0 Å². The van der Waals surface area contributed by atoms with Crippen LogP contribution < -0.4 is 0 Å². The molecular formula is C21H16OS. The van der Waals surface area contributed by atoms with E-state index in [9.17, 15) is 4.79 Å². The van der Waals surface area contributed by atoms with Crippen LogP contribution in [-0.4, -0.2) is 5.78 Å². The Morgan fingerprint density at radius 2 is 1.70 bits per heavy atom. The summed E-state index contributed by atoms with van der Waals surface area (Å²) in [5, 5.41) is 1.24. The number of carbonyl (C=O) groups is 1. The molecule has 1 fully saturated rings. The molecule has 0 amide bonds. The summed E-state index contributed by atoms with van der Waals surface area (Å²) in [6, 6.07) is 18.9.